The molecular formula is C12H15BrO4S. The lowest BCUT2D eigenvalue weighted by Crippen LogP contribution is -2.10. The summed E-state index contributed by atoms with van der Waals surface area (Å²) in [5.41, 5.74) is 0.729. The lowest BCUT2D eigenvalue weighted by Gasteiger charge is -2.07. The van der Waals surface area contributed by atoms with Crippen LogP contribution in [0.3, 0.4) is 0 Å². The van der Waals surface area contributed by atoms with Gasteiger partial charge < -0.3 is 5.11 Å². The maximum Gasteiger partial charge on any atom is 0.335 e. The molecule has 1 N–H and O–H groups in total. The van der Waals surface area contributed by atoms with Gasteiger partial charge in [-0.05, 0) is 24.1 Å². The van der Waals surface area contributed by atoms with Gasteiger partial charge in [-0.3, -0.25) is 0 Å². The van der Waals surface area contributed by atoms with Crippen molar-refractivity contribution in [1.82, 2.24) is 0 Å². The monoisotopic (exact) mass is 334 g/mol. The van der Waals surface area contributed by atoms with E-state index in [2.05, 4.69) is 15.9 Å². The van der Waals surface area contributed by atoms with Crippen molar-refractivity contribution in [2.75, 3.05) is 5.75 Å². The molecule has 0 aliphatic heterocycles. The summed E-state index contributed by atoms with van der Waals surface area (Å²) in [7, 11) is -3.13. The van der Waals surface area contributed by atoms with E-state index in [9.17, 15) is 13.2 Å². The van der Waals surface area contributed by atoms with E-state index < -0.39 is 15.8 Å². The van der Waals surface area contributed by atoms with Crippen molar-refractivity contribution < 1.29 is 18.3 Å². The Morgan fingerprint density at radius 2 is 2.06 bits per heavy atom. The fraction of sp³-hybridized carbons (Fsp3) is 0.417. The van der Waals surface area contributed by atoms with Crippen LogP contribution in [0.15, 0.2) is 22.7 Å². The third-order valence-corrected chi connectivity index (χ3v) is 4.88. The van der Waals surface area contributed by atoms with Gasteiger partial charge in [-0.15, -0.1) is 0 Å². The van der Waals surface area contributed by atoms with Crippen molar-refractivity contribution in [2.45, 2.75) is 25.5 Å². The van der Waals surface area contributed by atoms with Crippen LogP contribution >= 0.6 is 15.9 Å². The quantitative estimate of drug-likeness (QED) is 0.868. The minimum Gasteiger partial charge on any atom is -0.478 e. The summed E-state index contributed by atoms with van der Waals surface area (Å²) in [4.78, 5) is 10.8. The second-order valence-corrected chi connectivity index (χ2v) is 7.10. The highest BCUT2D eigenvalue weighted by Crippen LogP contribution is 2.21. The first-order chi connectivity index (χ1) is 8.35. The van der Waals surface area contributed by atoms with Gasteiger partial charge in [0.1, 0.15) is 0 Å². The summed E-state index contributed by atoms with van der Waals surface area (Å²) < 4.78 is 24.1. The summed E-state index contributed by atoms with van der Waals surface area (Å²) >= 11 is 3.21. The molecule has 6 heteroatoms. The molecule has 0 spiro atoms. The van der Waals surface area contributed by atoms with Gasteiger partial charge in [0.25, 0.3) is 0 Å². The normalized spacial score (nSPS) is 11.4. The number of carboxylic acids is 1. The zero-order valence-corrected chi connectivity index (χ0v) is 12.4. The molecule has 0 aliphatic carbocycles. The lowest BCUT2D eigenvalue weighted by atomic mass is 10.1. The maximum atomic E-state index is 11.8. The third-order valence-electron chi connectivity index (χ3n) is 2.48. The molecule has 1 aromatic carbocycles. The average Bonchev–Trinajstić information content (AvgIpc) is 2.29. The van der Waals surface area contributed by atoms with Gasteiger partial charge in [0, 0.05) is 4.47 Å². The van der Waals surface area contributed by atoms with Crippen LogP contribution in [0.25, 0.3) is 0 Å². The van der Waals surface area contributed by atoms with Gasteiger partial charge >= 0.3 is 5.97 Å². The highest BCUT2D eigenvalue weighted by molar-refractivity contribution is 9.10. The Morgan fingerprint density at radius 3 is 2.56 bits per heavy atom. The molecule has 100 valence electrons. The zero-order valence-electron chi connectivity index (χ0n) is 10.0. The number of benzene rings is 1. The highest BCUT2D eigenvalue weighted by atomic mass is 79.9. The number of rotatable bonds is 6. The fourth-order valence-electron chi connectivity index (χ4n) is 1.47. The molecular weight excluding hydrogens is 320 g/mol. The average molecular weight is 335 g/mol. The van der Waals surface area contributed by atoms with Crippen LogP contribution in [0.5, 0.6) is 0 Å². The first-order valence-electron chi connectivity index (χ1n) is 5.58. The fourth-order valence-corrected chi connectivity index (χ4v) is 3.77. The van der Waals surface area contributed by atoms with Crippen molar-refractivity contribution in [3.05, 3.63) is 33.8 Å². The number of hydrogen-bond donors (Lipinski definition) is 1. The van der Waals surface area contributed by atoms with E-state index in [0.717, 1.165) is 6.42 Å². The third kappa shape index (κ3) is 4.42. The minimum absolute atomic E-state index is 0.0620. The Balaban J connectivity index is 2.89. The SMILES string of the molecule is CCCCS(=O)(=O)Cc1ccc(C(=O)O)cc1Br. The van der Waals surface area contributed by atoms with E-state index in [1.807, 2.05) is 6.92 Å². The maximum absolute atomic E-state index is 11.8. The number of halogens is 1. The molecule has 0 saturated carbocycles. The van der Waals surface area contributed by atoms with Gasteiger partial charge in [0.2, 0.25) is 0 Å². The summed E-state index contributed by atoms with van der Waals surface area (Å²) in [6, 6.07) is 4.38. The van der Waals surface area contributed by atoms with E-state index in [4.69, 9.17) is 5.11 Å². The second kappa shape index (κ2) is 6.33. The number of aromatic carboxylic acids is 1. The van der Waals surface area contributed by atoms with Gasteiger partial charge in [-0.1, -0.05) is 35.3 Å². The molecule has 0 radical (unpaired) electrons. The Morgan fingerprint density at radius 1 is 1.39 bits per heavy atom. The van der Waals surface area contributed by atoms with Crippen molar-refractivity contribution in [1.29, 1.82) is 0 Å². The summed E-state index contributed by atoms with van der Waals surface area (Å²) in [6.07, 6.45) is 1.48. The number of hydrogen-bond acceptors (Lipinski definition) is 3. The Bertz CT molecular complexity index is 537. The number of sulfone groups is 1. The molecule has 0 aliphatic rings. The Labute approximate surface area is 115 Å². The molecule has 0 bridgehead atoms. The Kier molecular flexibility index (Phi) is 5.34. The molecule has 1 rings (SSSR count). The van der Waals surface area contributed by atoms with Gasteiger partial charge in [0.15, 0.2) is 9.84 Å². The Hall–Kier alpha value is -0.880. The van der Waals surface area contributed by atoms with Crippen molar-refractivity contribution >= 4 is 31.7 Å². The van der Waals surface area contributed by atoms with E-state index in [-0.39, 0.29) is 17.1 Å². The molecule has 0 amide bonds. The van der Waals surface area contributed by atoms with Crippen molar-refractivity contribution in [3.8, 4) is 0 Å². The smallest absolute Gasteiger partial charge is 0.335 e. The summed E-state index contributed by atoms with van der Waals surface area (Å²) in [6.45, 7) is 1.94. The highest BCUT2D eigenvalue weighted by Gasteiger charge is 2.14. The number of unbranched alkanes of at least 4 members (excludes halogenated alkanes) is 1. The molecule has 0 saturated heterocycles. The molecule has 0 aromatic heterocycles. The van der Waals surface area contributed by atoms with E-state index >= 15 is 0 Å². The molecule has 1 aromatic rings. The second-order valence-electron chi connectivity index (χ2n) is 4.06. The minimum atomic E-state index is -3.13. The molecule has 18 heavy (non-hydrogen) atoms. The standard InChI is InChI=1S/C12H15BrO4S/c1-2-3-6-18(16,17)8-10-5-4-9(12(14)15)7-11(10)13/h4-5,7H,2-3,6,8H2,1H3,(H,14,15). The molecule has 0 heterocycles. The summed E-state index contributed by atoms with van der Waals surface area (Å²) in [5, 5.41) is 8.81. The zero-order chi connectivity index (χ0) is 13.8. The predicted octanol–water partition coefficient (Wildman–Crippen LogP) is 2.86. The molecule has 4 nitrogen and oxygen atoms in total. The predicted molar refractivity (Wildman–Crippen MR) is 73.5 cm³/mol. The van der Waals surface area contributed by atoms with Crippen LogP contribution in [0.1, 0.15) is 35.7 Å². The van der Waals surface area contributed by atoms with Crippen molar-refractivity contribution in [2.24, 2.45) is 0 Å². The summed E-state index contributed by atoms with van der Waals surface area (Å²) in [5.74, 6) is -0.930. The van der Waals surface area contributed by atoms with E-state index in [1.165, 1.54) is 18.2 Å². The van der Waals surface area contributed by atoms with E-state index in [1.54, 1.807) is 0 Å². The van der Waals surface area contributed by atoms with Crippen LogP contribution in [0, 0.1) is 0 Å². The van der Waals surface area contributed by atoms with Crippen molar-refractivity contribution in [3.63, 3.8) is 0 Å². The van der Waals surface area contributed by atoms with Crippen LogP contribution in [-0.2, 0) is 15.6 Å². The lowest BCUT2D eigenvalue weighted by molar-refractivity contribution is 0.0697. The topological polar surface area (TPSA) is 71.4 Å². The van der Waals surface area contributed by atoms with Gasteiger partial charge in [-0.25, -0.2) is 13.2 Å². The first-order valence-corrected chi connectivity index (χ1v) is 8.19. The molecule has 0 fully saturated rings. The first kappa shape index (κ1) is 15.2. The van der Waals surface area contributed by atoms with Crippen LogP contribution < -0.4 is 0 Å². The largest absolute Gasteiger partial charge is 0.478 e. The van der Waals surface area contributed by atoms with Crippen LogP contribution in [0.2, 0.25) is 0 Å². The molecule has 0 atom stereocenters. The van der Waals surface area contributed by atoms with Crippen LogP contribution in [-0.4, -0.2) is 25.2 Å². The molecule has 0 unspecified atom stereocenters. The number of carbonyl (C=O) groups is 1. The van der Waals surface area contributed by atoms with Gasteiger partial charge in [-0.2, -0.15) is 0 Å². The van der Waals surface area contributed by atoms with Crippen LogP contribution in [0.4, 0.5) is 0 Å². The van der Waals surface area contributed by atoms with E-state index in [0.29, 0.717) is 16.5 Å². The van der Waals surface area contributed by atoms with Gasteiger partial charge in [0.05, 0.1) is 17.1 Å². The number of carboxylic acid groups (broad SMARTS) is 1.